The van der Waals surface area contributed by atoms with Crippen molar-refractivity contribution in [1.29, 1.82) is 0 Å². The number of nitrogens with zero attached hydrogens (tertiary/aromatic N) is 4. The number of piperazine rings is 1. The van der Waals surface area contributed by atoms with E-state index >= 15 is 0 Å². The Morgan fingerprint density at radius 1 is 1.06 bits per heavy atom. The SMILES string of the molecule is CN(C(=O)C1(C)CCCCC1)C(Cc1ccccn1)CN1CCN(c2cccc3[nH]ccc23)CC1. The molecule has 2 aromatic heterocycles. The van der Waals surface area contributed by atoms with E-state index in [4.69, 9.17) is 0 Å². The summed E-state index contributed by atoms with van der Waals surface area (Å²) in [5, 5.41) is 1.29. The molecule has 2 fully saturated rings. The first-order valence-electron chi connectivity index (χ1n) is 13.2. The first-order chi connectivity index (χ1) is 17.0. The molecule has 2 aliphatic rings. The molecule has 1 atom stereocenters. The Kier molecular flexibility index (Phi) is 7.09. The number of benzene rings is 1. The summed E-state index contributed by atoms with van der Waals surface area (Å²) in [6, 6.07) is 14.9. The normalized spacial score (nSPS) is 19.5. The molecule has 1 N–H and O–H groups in total. The molecule has 3 aromatic rings. The fraction of sp³-hybridized carbons (Fsp3) is 0.517. The zero-order valence-corrected chi connectivity index (χ0v) is 21.2. The van der Waals surface area contributed by atoms with E-state index in [1.807, 2.05) is 31.6 Å². The Morgan fingerprint density at radius 2 is 1.86 bits per heavy atom. The second-order valence-electron chi connectivity index (χ2n) is 10.7. The molecule has 0 bridgehead atoms. The average Bonchev–Trinajstić information content (AvgIpc) is 3.38. The monoisotopic (exact) mass is 473 g/mol. The number of nitrogens with one attached hydrogen (secondary N) is 1. The van der Waals surface area contributed by atoms with Crippen LogP contribution in [0.3, 0.4) is 0 Å². The molecule has 1 amide bonds. The zero-order chi connectivity index (χ0) is 24.3. The summed E-state index contributed by atoms with van der Waals surface area (Å²) in [4.78, 5) is 28.7. The van der Waals surface area contributed by atoms with Gasteiger partial charge in [-0.25, -0.2) is 0 Å². The molecule has 0 spiro atoms. The van der Waals surface area contributed by atoms with Crippen LogP contribution in [0.1, 0.15) is 44.7 Å². The van der Waals surface area contributed by atoms with Crippen LogP contribution in [0, 0.1) is 5.41 Å². The highest BCUT2D eigenvalue weighted by molar-refractivity contribution is 5.92. The number of carbonyl (C=O) groups excluding carboxylic acids is 1. The fourth-order valence-electron chi connectivity index (χ4n) is 6.04. The molecular weight excluding hydrogens is 434 g/mol. The molecule has 1 aliphatic heterocycles. The van der Waals surface area contributed by atoms with Crippen molar-refractivity contribution in [3.8, 4) is 0 Å². The Morgan fingerprint density at radius 3 is 2.60 bits per heavy atom. The molecule has 6 heteroatoms. The molecule has 6 nitrogen and oxygen atoms in total. The number of hydrogen-bond donors (Lipinski definition) is 1. The van der Waals surface area contributed by atoms with Crippen LogP contribution in [0.4, 0.5) is 5.69 Å². The van der Waals surface area contributed by atoms with Crippen molar-refractivity contribution in [1.82, 2.24) is 19.8 Å². The molecule has 1 saturated heterocycles. The Bertz CT molecular complexity index is 1110. The Hall–Kier alpha value is -2.86. The van der Waals surface area contributed by atoms with Crippen molar-refractivity contribution in [3.05, 3.63) is 60.6 Å². The second kappa shape index (κ2) is 10.4. The van der Waals surface area contributed by atoms with Gasteiger partial charge < -0.3 is 14.8 Å². The molecule has 3 heterocycles. The van der Waals surface area contributed by atoms with Gasteiger partial charge in [0.1, 0.15) is 0 Å². The summed E-state index contributed by atoms with van der Waals surface area (Å²) >= 11 is 0. The number of H-pyrrole nitrogens is 1. The molecule has 1 saturated carbocycles. The molecular formula is C29H39N5O. The summed E-state index contributed by atoms with van der Waals surface area (Å²) in [7, 11) is 2.03. The number of pyridine rings is 1. The summed E-state index contributed by atoms with van der Waals surface area (Å²) in [6.45, 7) is 7.06. The van der Waals surface area contributed by atoms with E-state index in [1.54, 1.807) is 0 Å². The van der Waals surface area contributed by atoms with Crippen molar-refractivity contribution in [3.63, 3.8) is 0 Å². The summed E-state index contributed by atoms with van der Waals surface area (Å²) in [6.07, 6.45) is 10.3. The lowest BCUT2D eigenvalue weighted by Gasteiger charge is -2.42. The smallest absolute Gasteiger partial charge is 0.228 e. The van der Waals surface area contributed by atoms with E-state index in [0.717, 1.165) is 70.5 Å². The molecule has 1 unspecified atom stereocenters. The van der Waals surface area contributed by atoms with E-state index in [1.165, 1.54) is 23.0 Å². The predicted molar refractivity (Wildman–Crippen MR) is 143 cm³/mol. The summed E-state index contributed by atoms with van der Waals surface area (Å²) < 4.78 is 0. The van der Waals surface area contributed by atoms with Gasteiger partial charge in [0.05, 0.1) is 0 Å². The largest absolute Gasteiger partial charge is 0.368 e. The van der Waals surface area contributed by atoms with E-state index in [0.29, 0.717) is 5.91 Å². The third-order valence-corrected chi connectivity index (χ3v) is 8.27. The minimum atomic E-state index is -0.219. The number of amides is 1. The van der Waals surface area contributed by atoms with Crippen molar-refractivity contribution < 1.29 is 4.79 Å². The van der Waals surface area contributed by atoms with Gasteiger partial charge in [-0.3, -0.25) is 14.7 Å². The zero-order valence-electron chi connectivity index (χ0n) is 21.2. The minimum Gasteiger partial charge on any atom is -0.368 e. The van der Waals surface area contributed by atoms with Gasteiger partial charge in [0.2, 0.25) is 5.91 Å². The molecule has 1 aromatic carbocycles. The van der Waals surface area contributed by atoms with Crippen molar-refractivity contribution in [2.45, 2.75) is 51.5 Å². The van der Waals surface area contributed by atoms with Crippen LogP contribution in [-0.2, 0) is 11.2 Å². The van der Waals surface area contributed by atoms with Crippen molar-refractivity contribution in [2.24, 2.45) is 5.41 Å². The number of carbonyl (C=O) groups is 1. The highest BCUT2D eigenvalue weighted by Crippen LogP contribution is 2.38. The minimum absolute atomic E-state index is 0.121. The van der Waals surface area contributed by atoms with Crippen LogP contribution in [0.15, 0.2) is 54.9 Å². The quantitative estimate of drug-likeness (QED) is 0.539. The lowest BCUT2D eigenvalue weighted by molar-refractivity contribution is -0.144. The van der Waals surface area contributed by atoms with Gasteiger partial charge in [-0.05, 0) is 43.2 Å². The maximum absolute atomic E-state index is 13.7. The van der Waals surface area contributed by atoms with Crippen LogP contribution in [-0.4, -0.2) is 71.5 Å². The van der Waals surface area contributed by atoms with Gasteiger partial charge in [0.15, 0.2) is 0 Å². The second-order valence-corrected chi connectivity index (χ2v) is 10.7. The number of anilines is 1. The highest BCUT2D eigenvalue weighted by Gasteiger charge is 2.39. The third kappa shape index (κ3) is 5.22. The number of aromatic nitrogens is 2. The van der Waals surface area contributed by atoms with E-state index in [2.05, 4.69) is 61.9 Å². The maximum atomic E-state index is 13.7. The summed E-state index contributed by atoms with van der Waals surface area (Å²) in [5.74, 6) is 0.316. The number of rotatable bonds is 7. The van der Waals surface area contributed by atoms with Gasteiger partial charge in [-0.1, -0.05) is 38.3 Å². The van der Waals surface area contributed by atoms with Gasteiger partial charge in [0.25, 0.3) is 0 Å². The molecule has 186 valence electrons. The van der Waals surface area contributed by atoms with Gasteiger partial charge >= 0.3 is 0 Å². The standard InChI is InChI=1S/C29H39N5O/c1-29(13-5-3-6-14-29)28(35)32(2)24(21-23-9-4-7-15-30-23)22-33-17-19-34(20-18-33)27-11-8-10-26-25(27)12-16-31-26/h4,7-12,15-16,24,31H,3,5-6,13-14,17-22H2,1-2H3. The number of likely N-dealkylation sites (N-methyl/N-ethyl adjacent to an activating group) is 1. The van der Waals surface area contributed by atoms with Crippen LogP contribution in [0.25, 0.3) is 10.9 Å². The Balaban J connectivity index is 1.27. The first-order valence-corrected chi connectivity index (χ1v) is 13.2. The average molecular weight is 474 g/mol. The number of aromatic amines is 1. The maximum Gasteiger partial charge on any atom is 0.228 e. The fourth-order valence-corrected chi connectivity index (χ4v) is 6.04. The van der Waals surface area contributed by atoms with E-state index in [9.17, 15) is 4.79 Å². The molecule has 5 rings (SSSR count). The third-order valence-electron chi connectivity index (χ3n) is 8.27. The van der Waals surface area contributed by atoms with Crippen LogP contribution in [0.5, 0.6) is 0 Å². The van der Waals surface area contributed by atoms with E-state index < -0.39 is 0 Å². The van der Waals surface area contributed by atoms with Crippen LogP contribution < -0.4 is 4.90 Å². The first kappa shape index (κ1) is 23.9. The van der Waals surface area contributed by atoms with Crippen molar-refractivity contribution >= 4 is 22.5 Å². The van der Waals surface area contributed by atoms with Gasteiger partial charge in [-0.2, -0.15) is 0 Å². The highest BCUT2D eigenvalue weighted by atomic mass is 16.2. The number of hydrogen-bond acceptors (Lipinski definition) is 4. The van der Waals surface area contributed by atoms with Crippen molar-refractivity contribution in [2.75, 3.05) is 44.7 Å². The van der Waals surface area contributed by atoms with E-state index in [-0.39, 0.29) is 11.5 Å². The lowest BCUT2D eigenvalue weighted by Crippen LogP contribution is -2.54. The molecule has 35 heavy (non-hydrogen) atoms. The van der Waals surface area contributed by atoms with Gasteiger partial charge in [-0.15, -0.1) is 0 Å². The predicted octanol–water partition coefficient (Wildman–Crippen LogP) is 4.73. The van der Waals surface area contributed by atoms with Gasteiger partial charge in [0, 0.05) is 92.3 Å². The molecule has 1 aliphatic carbocycles. The van der Waals surface area contributed by atoms with Crippen LogP contribution in [0.2, 0.25) is 0 Å². The summed E-state index contributed by atoms with van der Waals surface area (Å²) in [5.41, 5.74) is 3.34. The number of fused-ring (bicyclic) bond motifs is 1. The Labute approximate surface area is 209 Å². The lowest BCUT2D eigenvalue weighted by atomic mass is 9.74. The topological polar surface area (TPSA) is 55.5 Å². The molecule has 0 radical (unpaired) electrons. The van der Waals surface area contributed by atoms with Crippen LogP contribution >= 0.6 is 0 Å².